The van der Waals surface area contributed by atoms with Crippen LogP contribution in [0.25, 0.3) is 0 Å². The van der Waals surface area contributed by atoms with Crippen LogP contribution in [0.1, 0.15) is 120 Å². The summed E-state index contributed by atoms with van der Waals surface area (Å²) in [5.74, 6) is -1.33. The molecule has 0 amide bonds. The fourth-order valence-corrected chi connectivity index (χ4v) is 18.6. The summed E-state index contributed by atoms with van der Waals surface area (Å²) < 4.78 is 71.0. The maximum atomic E-state index is 15.3. The van der Waals surface area contributed by atoms with E-state index in [1.165, 1.54) is 13.8 Å². The highest BCUT2D eigenvalue weighted by molar-refractivity contribution is 5.79. The van der Waals surface area contributed by atoms with E-state index in [2.05, 4.69) is 40.7 Å². The lowest BCUT2D eigenvalue weighted by Crippen LogP contribution is -2.68. The van der Waals surface area contributed by atoms with Gasteiger partial charge in [-0.25, -0.2) is 0 Å². The van der Waals surface area contributed by atoms with E-state index in [1.807, 2.05) is 0 Å². The molecule has 5 aliphatic carbocycles. The molecule has 11 rings (SSSR count). The summed E-state index contributed by atoms with van der Waals surface area (Å²) >= 11 is 0. The molecular formula is C64H104O31. The molecule has 0 spiro atoms. The zero-order valence-electron chi connectivity index (χ0n) is 54.9. The average Bonchev–Trinajstić information content (AvgIpc) is 0.674. The van der Waals surface area contributed by atoms with E-state index in [4.69, 9.17) is 56.8 Å². The third kappa shape index (κ3) is 12.8. The maximum absolute atomic E-state index is 15.3. The number of aliphatic hydroxyl groups is 18. The van der Waals surface area contributed by atoms with Crippen molar-refractivity contribution >= 4 is 5.97 Å². The molecule has 10 fully saturated rings. The minimum atomic E-state index is -1.93. The zero-order valence-corrected chi connectivity index (χ0v) is 54.9. The summed E-state index contributed by atoms with van der Waals surface area (Å²) in [5, 5.41) is 197. The molecule has 0 aromatic rings. The molecule has 546 valence electrons. The van der Waals surface area contributed by atoms with Crippen LogP contribution >= 0.6 is 0 Å². The van der Waals surface area contributed by atoms with Gasteiger partial charge < -0.3 is 149 Å². The van der Waals surface area contributed by atoms with E-state index in [0.717, 1.165) is 5.57 Å². The van der Waals surface area contributed by atoms with Crippen LogP contribution in [-0.2, 0) is 61.6 Å². The van der Waals surface area contributed by atoms with Crippen molar-refractivity contribution in [3.63, 3.8) is 0 Å². The number of hydrogen-bond donors (Lipinski definition) is 18. The van der Waals surface area contributed by atoms with Gasteiger partial charge in [0.05, 0.1) is 55.8 Å². The molecule has 6 heterocycles. The van der Waals surface area contributed by atoms with Crippen molar-refractivity contribution in [2.45, 2.75) is 309 Å². The largest absolute Gasteiger partial charge is 0.432 e. The van der Waals surface area contributed by atoms with Gasteiger partial charge in [0, 0.05) is 0 Å². The third-order valence-corrected chi connectivity index (χ3v) is 24.8. The second kappa shape index (κ2) is 27.7. The van der Waals surface area contributed by atoms with Crippen LogP contribution in [0.4, 0.5) is 0 Å². The minimum Gasteiger partial charge on any atom is -0.432 e. The van der Waals surface area contributed by atoms with E-state index < -0.39 is 238 Å². The Labute approximate surface area is 550 Å². The Morgan fingerprint density at radius 3 is 1.72 bits per heavy atom. The van der Waals surface area contributed by atoms with Gasteiger partial charge in [0.2, 0.25) is 6.29 Å². The molecule has 18 N–H and O–H groups in total. The number of hydrogen-bond acceptors (Lipinski definition) is 31. The van der Waals surface area contributed by atoms with Gasteiger partial charge in [0.25, 0.3) is 0 Å². The summed E-state index contributed by atoms with van der Waals surface area (Å²) in [6.45, 7) is 13.1. The van der Waals surface area contributed by atoms with Gasteiger partial charge in [-0.1, -0.05) is 46.3 Å². The van der Waals surface area contributed by atoms with Crippen LogP contribution in [0.15, 0.2) is 11.6 Å². The smallest absolute Gasteiger partial charge is 0.315 e. The molecule has 4 saturated carbocycles. The topological polar surface area (TPSA) is 492 Å². The Kier molecular flexibility index (Phi) is 21.6. The number of ether oxygens (including phenoxy) is 12. The predicted molar refractivity (Wildman–Crippen MR) is 316 cm³/mol. The van der Waals surface area contributed by atoms with Gasteiger partial charge in [-0.2, -0.15) is 0 Å². The molecule has 0 aromatic heterocycles. The van der Waals surface area contributed by atoms with Crippen LogP contribution in [0.3, 0.4) is 0 Å². The number of allylic oxidation sites excluding steroid dienone is 2. The SMILES string of the molecule is CC1OC(OC2C(CO)OC(OCC3OC(OC(=O)C45CCC(C)(C)CC4C4=CCC6C7(C)CCC(OC8OCC(O)C(O)C8OC8OC(C)C(O)C(OC9OC(CO)C(O)C(O)C9O)C8O)C(C)(O)C7CCC6(C)C4(C)CC5)C(O)C(O)C3O)C(O)C2O)C(O)C(O)C1O. The van der Waals surface area contributed by atoms with Crippen molar-refractivity contribution in [2.24, 2.45) is 44.8 Å². The summed E-state index contributed by atoms with van der Waals surface area (Å²) in [6.07, 6.45) is -41.1. The highest BCUT2D eigenvalue weighted by atomic mass is 16.8. The van der Waals surface area contributed by atoms with Crippen LogP contribution < -0.4 is 0 Å². The summed E-state index contributed by atoms with van der Waals surface area (Å²) in [5.41, 5.74) is -3.07. The van der Waals surface area contributed by atoms with Gasteiger partial charge >= 0.3 is 5.97 Å². The molecule has 38 atom stereocenters. The lowest BCUT2D eigenvalue weighted by Gasteiger charge is -2.71. The van der Waals surface area contributed by atoms with Crippen molar-refractivity contribution in [3.05, 3.63) is 11.6 Å². The van der Waals surface area contributed by atoms with Crippen LogP contribution in [0.5, 0.6) is 0 Å². The monoisotopic (exact) mass is 1370 g/mol. The normalized spacial score (nSPS) is 55.6. The first-order chi connectivity index (χ1) is 44.5. The Morgan fingerprint density at radius 1 is 0.505 bits per heavy atom. The maximum Gasteiger partial charge on any atom is 0.315 e. The molecule has 6 aliphatic heterocycles. The number of carbonyl (C=O) groups excluding carboxylic acids is 1. The molecule has 95 heavy (non-hydrogen) atoms. The predicted octanol–water partition coefficient (Wildman–Crippen LogP) is -4.97. The third-order valence-electron chi connectivity index (χ3n) is 24.8. The van der Waals surface area contributed by atoms with E-state index in [1.54, 1.807) is 6.92 Å². The van der Waals surface area contributed by atoms with Crippen molar-refractivity contribution in [3.8, 4) is 0 Å². The first kappa shape index (κ1) is 74.2. The first-order valence-corrected chi connectivity index (χ1v) is 33.7. The van der Waals surface area contributed by atoms with Crippen LogP contribution in [0.2, 0.25) is 0 Å². The van der Waals surface area contributed by atoms with E-state index >= 15 is 4.79 Å². The average molecular weight is 1370 g/mol. The Hall–Kier alpha value is -1.95. The number of carbonyl (C=O) groups is 1. The Balaban J connectivity index is 0.762. The molecule has 0 bridgehead atoms. The molecule has 6 saturated heterocycles. The van der Waals surface area contributed by atoms with Gasteiger partial charge in [0.1, 0.15) is 128 Å². The molecule has 38 unspecified atom stereocenters. The Morgan fingerprint density at radius 2 is 1.05 bits per heavy atom. The zero-order chi connectivity index (χ0) is 69.3. The van der Waals surface area contributed by atoms with Crippen molar-refractivity contribution < 1.29 is 154 Å². The second-order valence-corrected chi connectivity index (χ2v) is 30.9. The molecule has 0 radical (unpaired) electrons. The van der Waals surface area contributed by atoms with Gasteiger partial charge in [0.15, 0.2) is 31.5 Å². The first-order valence-electron chi connectivity index (χ1n) is 33.7. The molecular weight excluding hydrogens is 1260 g/mol. The Bertz CT molecular complexity index is 2670. The fourth-order valence-electron chi connectivity index (χ4n) is 18.6. The summed E-state index contributed by atoms with van der Waals surface area (Å²) in [7, 11) is 0. The lowest BCUT2D eigenvalue weighted by atomic mass is 9.34. The fraction of sp³-hybridized carbons (Fsp3) is 0.953. The van der Waals surface area contributed by atoms with E-state index in [9.17, 15) is 91.9 Å². The highest BCUT2D eigenvalue weighted by Crippen LogP contribution is 2.75. The number of fused-ring (bicyclic) bond motifs is 7. The summed E-state index contributed by atoms with van der Waals surface area (Å²) in [6, 6.07) is 0. The van der Waals surface area contributed by atoms with Gasteiger partial charge in [-0.15, -0.1) is 0 Å². The molecule has 0 aromatic carbocycles. The van der Waals surface area contributed by atoms with Crippen LogP contribution in [0, 0.1) is 44.8 Å². The molecule has 31 nitrogen and oxygen atoms in total. The number of aliphatic hydroxyl groups excluding tert-OH is 17. The second-order valence-electron chi connectivity index (χ2n) is 30.9. The van der Waals surface area contributed by atoms with Crippen molar-refractivity contribution in [2.75, 3.05) is 26.4 Å². The van der Waals surface area contributed by atoms with Crippen molar-refractivity contribution in [1.82, 2.24) is 0 Å². The van der Waals surface area contributed by atoms with Gasteiger partial charge in [-0.05, 0) is 124 Å². The molecule has 31 heteroatoms. The number of esters is 1. The summed E-state index contributed by atoms with van der Waals surface area (Å²) in [4.78, 5) is 15.3. The highest BCUT2D eigenvalue weighted by Gasteiger charge is 2.71. The quantitative estimate of drug-likeness (QED) is 0.0415. The van der Waals surface area contributed by atoms with E-state index in [-0.39, 0.29) is 28.6 Å². The standard InChI is InChI=1S/C64H104O31/c1-24-35(68)40(73)44(77)53(86-24)92-49-30(21-66)89-52(47(80)43(49)76)85-23-31-39(72)42(75)46(79)55(90-31)95-58(82)64-17-15-59(3,4)19-27(64)26-9-10-32-60(5)13-12-34(63(8,83)33(60)11-14-62(32,7)61(26,6)16-18-64)91-57-51(37(70)28(67)22-84-57)94-56-48(81)50(36(69)25(2)87-56)93-54-45(78)41(74)38(71)29(20-65)88-54/h9,24-25,27-57,65-81,83H,10-23H2,1-8H3. The van der Waals surface area contributed by atoms with E-state index in [0.29, 0.717) is 64.2 Å². The minimum absolute atomic E-state index is 0.0100. The lowest BCUT2D eigenvalue weighted by molar-refractivity contribution is -0.384. The molecule has 11 aliphatic rings. The van der Waals surface area contributed by atoms with Crippen LogP contribution in [-0.4, -0.2) is 314 Å². The van der Waals surface area contributed by atoms with Gasteiger partial charge in [-0.3, -0.25) is 4.79 Å². The van der Waals surface area contributed by atoms with Crippen molar-refractivity contribution in [1.29, 1.82) is 0 Å². The number of rotatable bonds is 15.